The van der Waals surface area contributed by atoms with Crippen LogP contribution in [0, 0.1) is 0 Å². The second kappa shape index (κ2) is 2.65. The summed E-state index contributed by atoms with van der Waals surface area (Å²) in [6, 6.07) is 5.79. The predicted molar refractivity (Wildman–Crippen MR) is 47.0 cm³/mol. The van der Waals surface area contributed by atoms with Gasteiger partial charge in [0.2, 0.25) is 0 Å². The lowest BCUT2D eigenvalue weighted by molar-refractivity contribution is 1.16. The highest BCUT2D eigenvalue weighted by Gasteiger charge is 1.97. The van der Waals surface area contributed by atoms with Crippen LogP contribution in [0.1, 0.15) is 5.69 Å². The van der Waals surface area contributed by atoms with Gasteiger partial charge in [0, 0.05) is 6.20 Å². The van der Waals surface area contributed by atoms with Crippen LogP contribution in [0.15, 0.2) is 35.7 Å². The van der Waals surface area contributed by atoms with E-state index in [0.29, 0.717) is 0 Å². The van der Waals surface area contributed by atoms with Gasteiger partial charge in [-0.15, -0.1) is 0 Å². The van der Waals surface area contributed by atoms with Crippen molar-refractivity contribution in [1.82, 2.24) is 9.38 Å². The summed E-state index contributed by atoms with van der Waals surface area (Å²) in [5, 5.41) is 3.44. The van der Waals surface area contributed by atoms with E-state index in [0.717, 1.165) is 11.3 Å². The SMILES string of the molecule is N/N=C/c1cnc2ccccn12. The van der Waals surface area contributed by atoms with Crippen molar-refractivity contribution in [3.63, 3.8) is 0 Å². The van der Waals surface area contributed by atoms with Crippen molar-refractivity contribution in [2.75, 3.05) is 0 Å². The number of rotatable bonds is 1. The summed E-state index contributed by atoms with van der Waals surface area (Å²) in [5.41, 5.74) is 1.78. The quantitative estimate of drug-likeness (QED) is 0.378. The molecule has 0 bridgehead atoms. The summed E-state index contributed by atoms with van der Waals surface area (Å²) in [5.74, 6) is 5.04. The molecule has 0 saturated heterocycles. The molecule has 0 radical (unpaired) electrons. The molecule has 2 rings (SSSR count). The van der Waals surface area contributed by atoms with Gasteiger partial charge in [-0.05, 0) is 12.1 Å². The molecule has 0 amide bonds. The highest BCUT2D eigenvalue weighted by molar-refractivity contribution is 5.78. The first kappa shape index (κ1) is 6.84. The summed E-state index contributed by atoms with van der Waals surface area (Å²) < 4.78 is 1.91. The average molecular weight is 160 g/mol. The zero-order chi connectivity index (χ0) is 8.39. The van der Waals surface area contributed by atoms with Gasteiger partial charge < -0.3 is 5.84 Å². The molecule has 2 aromatic rings. The standard InChI is InChI=1S/C8H8N4/c9-11-6-7-5-10-8-3-1-2-4-12(7)8/h1-6H,9H2/b11-6+. The van der Waals surface area contributed by atoms with E-state index in [2.05, 4.69) is 10.1 Å². The Morgan fingerprint density at radius 2 is 2.42 bits per heavy atom. The van der Waals surface area contributed by atoms with Crippen LogP contribution >= 0.6 is 0 Å². The molecule has 2 aromatic heterocycles. The number of aromatic nitrogens is 2. The van der Waals surface area contributed by atoms with Crippen LogP contribution in [0.25, 0.3) is 5.65 Å². The minimum atomic E-state index is 0.883. The molecule has 0 aliphatic heterocycles. The number of fused-ring (bicyclic) bond motifs is 1. The van der Waals surface area contributed by atoms with Crippen LogP contribution in [0.5, 0.6) is 0 Å². The van der Waals surface area contributed by atoms with Crippen LogP contribution in [-0.2, 0) is 0 Å². The fraction of sp³-hybridized carbons (Fsp3) is 0. The molecule has 2 heterocycles. The number of nitrogens with zero attached hydrogens (tertiary/aromatic N) is 3. The molecule has 0 fully saturated rings. The fourth-order valence-corrected chi connectivity index (χ4v) is 1.12. The van der Waals surface area contributed by atoms with E-state index in [1.807, 2.05) is 28.8 Å². The monoisotopic (exact) mass is 160 g/mol. The summed E-state index contributed by atoms with van der Waals surface area (Å²) in [6.07, 6.45) is 5.21. The molecule has 0 unspecified atom stereocenters. The maximum atomic E-state index is 5.04. The van der Waals surface area contributed by atoms with Crippen molar-refractivity contribution in [1.29, 1.82) is 0 Å². The highest BCUT2D eigenvalue weighted by atomic mass is 15.1. The van der Waals surface area contributed by atoms with Crippen LogP contribution in [0.3, 0.4) is 0 Å². The van der Waals surface area contributed by atoms with Crippen molar-refractivity contribution in [3.05, 3.63) is 36.3 Å². The van der Waals surface area contributed by atoms with Gasteiger partial charge in [0.05, 0.1) is 18.1 Å². The Labute approximate surface area is 69.3 Å². The Morgan fingerprint density at radius 1 is 1.50 bits per heavy atom. The molecule has 2 N–H and O–H groups in total. The van der Waals surface area contributed by atoms with E-state index in [1.165, 1.54) is 0 Å². The van der Waals surface area contributed by atoms with Gasteiger partial charge >= 0.3 is 0 Å². The molecular formula is C8H8N4. The van der Waals surface area contributed by atoms with Gasteiger partial charge in [0.1, 0.15) is 5.65 Å². The zero-order valence-corrected chi connectivity index (χ0v) is 6.38. The number of hydrazone groups is 1. The Bertz CT molecular complexity index is 416. The summed E-state index contributed by atoms with van der Waals surface area (Å²) in [4.78, 5) is 4.15. The molecule has 0 spiro atoms. The fourth-order valence-electron chi connectivity index (χ4n) is 1.12. The lowest BCUT2D eigenvalue weighted by Gasteiger charge is -1.92. The van der Waals surface area contributed by atoms with E-state index < -0.39 is 0 Å². The molecule has 0 aromatic carbocycles. The van der Waals surface area contributed by atoms with Gasteiger partial charge in [-0.25, -0.2) is 4.98 Å². The molecule has 60 valence electrons. The lowest BCUT2D eigenvalue weighted by atomic mass is 10.4. The van der Waals surface area contributed by atoms with E-state index in [9.17, 15) is 0 Å². The van der Waals surface area contributed by atoms with Gasteiger partial charge in [-0.3, -0.25) is 4.40 Å². The number of hydrogen-bond donors (Lipinski definition) is 1. The van der Waals surface area contributed by atoms with Crippen LogP contribution < -0.4 is 5.84 Å². The topological polar surface area (TPSA) is 55.7 Å². The Morgan fingerprint density at radius 3 is 3.25 bits per heavy atom. The average Bonchev–Trinajstić information content (AvgIpc) is 2.50. The number of hydrogen-bond acceptors (Lipinski definition) is 3. The minimum absolute atomic E-state index is 0.883. The predicted octanol–water partition coefficient (Wildman–Crippen LogP) is 0.627. The van der Waals surface area contributed by atoms with Gasteiger partial charge in [0.15, 0.2) is 0 Å². The van der Waals surface area contributed by atoms with Crippen molar-refractivity contribution < 1.29 is 0 Å². The first-order chi connectivity index (χ1) is 5.92. The molecule has 4 heteroatoms. The summed E-state index contributed by atoms with van der Waals surface area (Å²) in [6.45, 7) is 0. The Hall–Kier alpha value is -1.84. The minimum Gasteiger partial charge on any atom is -0.323 e. The van der Waals surface area contributed by atoms with Crippen molar-refractivity contribution in [2.45, 2.75) is 0 Å². The van der Waals surface area contributed by atoms with Gasteiger partial charge in [-0.2, -0.15) is 5.10 Å². The molecular weight excluding hydrogens is 152 g/mol. The molecule has 12 heavy (non-hydrogen) atoms. The van der Waals surface area contributed by atoms with Crippen LogP contribution in [0.4, 0.5) is 0 Å². The third kappa shape index (κ3) is 0.934. The number of pyridine rings is 1. The van der Waals surface area contributed by atoms with E-state index in [1.54, 1.807) is 12.4 Å². The lowest BCUT2D eigenvalue weighted by Crippen LogP contribution is -1.91. The third-order valence-electron chi connectivity index (χ3n) is 1.65. The highest BCUT2D eigenvalue weighted by Crippen LogP contribution is 2.02. The van der Waals surface area contributed by atoms with E-state index in [4.69, 9.17) is 5.84 Å². The third-order valence-corrected chi connectivity index (χ3v) is 1.65. The van der Waals surface area contributed by atoms with Crippen LogP contribution in [0.2, 0.25) is 0 Å². The zero-order valence-electron chi connectivity index (χ0n) is 6.38. The first-order valence-corrected chi connectivity index (χ1v) is 3.57. The van der Waals surface area contributed by atoms with Crippen molar-refractivity contribution >= 4 is 11.9 Å². The molecule has 0 atom stereocenters. The molecule has 0 saturated carbocycles. The maximum absolute atomic E-state index is 5.04. The van der Waals surface area contributed by atoms with Crippen molar-refractivity contribution in [2.24, 2.45) is 10.9 Å². The molecule has 0 aliphatic rings. The largest absolute Gasteiger partial charge is 0.323 e. The van der Waals surface area contributed by atoms with Gasteiger partial charge in [0.25, 0.3) is 0 Å². The number of nitrogens with two attached hydrogens (primary N) is 1. The summed E-state index contributed by atoms with van der Waals surface area (Å²) >= 11 is 0. The Balaban J connectivity index is 2.70. The maximum Gasteiger partial charge on any atom is 0.137 e. The summed E-state index contributed by atoms with van der Waals surface area (Å²) in [7, 11) is 0. The number of imidazole rings is 1. The van der Waals surface area contributed by atoms with Gasteiger partial charge in [-0.1, -0.05) is 6.07 Å². The molecule has 4 nitrogen and oxygen atoms in total. The second-order valence-electron chi connectivity index (χ2n) is 2.39. The van der Waals surface area contributed by atoms with E-state index in [-0.39, 0.29) is 0 Å². The smallest absolute Gasteiger partial charge is 0.137 e. The molecule has 0 aliphatic carbocycles. The van der Waals surface area contributed by atoms with Crippen molar-refractivity contribution in [3.8, 4) is 0 Å². The second-order valence-corrected chi connectivity index (χ2v) is 2.39. The van der Waals surface area contributed by atoms with Crippen LogP contribution in [-0.4, -0.2) is 15.6 Å². The van der Waals surface area contributed by atoms with E-state index >= 15 is 0 Å². The Kier molecular flexibility index (Phi) is 1.51. The first-order valence-electron chi connectivity index (χ1n) is 3.57. The normalized spacial score (nSPS) is 11.3.